The Bertz CT molecular complexity index is 362. The molecular formula is C8H12F3N3O2. The molecule has 16 heavy (non-hydrogen) atoms. The van der Waals surface area contributed by atoms with Gasteiger partial charge in [0.25, 0.3) is 0 Å². The van der Waals surface area contributed by atoms with E-state index in [-0.39, 0.29) is 5.82 Å². The molecule has 1 heterocycles. The van der Waals surface area contributed by atoms with Gasteiger partial charge in [0.15, 0.2) is 5.82 Å². The second-order valence-corrected chi connectivity index (χ2v) is 3.58. The lowest BCUT2D eigenvalue weighted by atomic mass is 9.96. The second kappa shape index (κ2) is 4.02. The highest BCUT2D eigenvalue weighted by Crippen LogP contribution is 2.29. The van der Waals surface area contributed by atoms with Crippen molar-refractivity contribution in [2.75, 3.05) is 7.11 Å². The Morgan fingerprint density at radius 3 is 2.38 bits per heavy atom. The first kappa shape index (κ1) is 12.9. The van der Waals surface area contributed by atoms with E-state index in [4.69, 9.17) is 10.5 Å². The SMILES string of the molecule is COC(C)C(C)(N)c1noc(C(F)(F)F)n1. The minimum absolute atomic E-state index is 0.242. The third-order valence-electron chi connectivity index (χ3n) is 2.35. The molecule has 8 heteroatoms. The molecule has 0 aliphatic rings. The maximum absolute atomic E-state index is 12.2. The first-order valence-corrected chi connectivity index (χ1v) is 4.42. The summed E-state index contributed by atoms with van der Waals surface area (Å²) in [5, 5.41) is 3.21. The van der Waals surface area contributed by atoms with Crippen molar-refractivity contribution < 1.29 is 22.4 Å². The van der Waals surface area contributed by atoms with Gasteiger partial charge in [-0.15, -0.1) is 0 Å². The molecule has 2 unspecified atom stereocenters. The summed E-state index contributed by atoms with van der Waals surface area (Å²) in [7, 11) is 1.39. The van der Waals surface area contributed by atoms with Crippen LogP contribution in [0.25, 0.3) is 0 Å². The van der Waals surface area contributed by atoms with E-state index in [1.165, 1.54) is 14.0 Å². The van der Waals surface area contributed by atoms with Crippen molar-refractivity contribution in [1.82, 2.24) is 10.1 Å². The van der Waals surface area contributed by atoms with Crippen molar-refractivity contribution in [3.05, 3.63) is 11.7 Å². The third-order valence-corrected chi connectivity index (χ3v) is 2.35. The zero-order valence-electron chi connectivity index (χ0n) is 9.00. The summed E-state index contributed by atoms with van der Waals surface area (Å²) < 4.78 is 45.6. The van der Waals surface area contributed by atoms with E-state index < -0.39 is 23.7 Å². The summed E-state index contributed by atoms with van der Waals surface area (Å²) in [4.78, 5) is 3.21. The predicted octanol–water partition coefficient (Wildman–Crippen LogP) is 1.30. The van der Waals surface area contributed by atoms with E-state index in [9.17, 15) is 13.2 Å². The van der Waals surface area contributed by atoms with Gasteiger partial charge in [0, 0.05) is 7.11 Å². The molecule has 0 aliphatic carbocycles. The number of alkyl halides is 3. The summed E-state index contributed by atoms with van der Waals surface area (Å²) in [6, 6.07) is 0. The molecule has 1 rings (SSSR count). The van der Waals surface area contributed by atoms with Crippen molar-refractivity contribution in [3.8, 4) is 0 Å². The number of aromatic nitrogens is 2. The van der Waals surface area contributed by atoms with E-state index in [0.29, 0.717) is 0 Å². The van der Waals surface area contributed by atoms with Crippen LogP contribution in [0, 0.1) is 0 Å². The molecular weight excluding hydrogens is 227 g/mol. The van der Waals surface area contributed by atoms with Gasteiger partial charge in [0.1, 0.15) is 5.54 Å². The number of hydrogen-bond acceptors (Lipinski definition) is 5. The molecule has 5 nitrogen and oxygen atoms in total. The lowest BCUT2D eigenvalue weighted by Crippen LogP contribution is -2.45. The molecule has 0 bridgehead atoms. The van der Waals surface area contributed by atoms with Crippen LogP contribution >= 0.6 is 0 Å². The topological polar surface area (TPSA) is 74.2 Å². The van der Waals surface area contributed by atoms with Crippen molar-refractivity contribution in [2.24, 2.45) is 5.73 Å². The second-order valence-electron chi connectivity index (χ2n) is 3.58. The van der Waals surface area contributed by atoms with Crippen LogP contribution < -0.4 is 5.73 Å². The molecule has 0 aromatic carbocycles. The molecule has 0 spiro atoms. The molecule has 0 radical (unpaired) electrons. The molecule has 1 aromatic heterocycles. The molecule has 0 saturated heterocycles. The lowest BCUT2D eigenvalue weighted by molar-refractivity contribution is -0.159. The Balaban J connectivity index is 3.02. The fourth-order valence-electron chi connectivity index (χ4n) is 0.984. The highest BCUT2D eigenvalue weighted by Gasteiger charge is 2.42. The van der Waals surface area contributed by atoms with Crippen molar-refractivity contribution in [2.45, 2.75) is 31.7 Å². The van der Waals surface area contributed by atoms with Crippen molar-refractivity contribution in [3.63, 3.8) is 0 Å². The average Bonchev–Trinajstić information content (AvgIpc) is 2.64. The van der Waals surface area contributed by atoms with Gasteiger partial charge in [-0.1, -0.05) is 5.16 Å². The van der Waals surface area contributed by atoms with Gasteiger partial charge < -0.3 is 15.0 Å². The highest BCUT2D eigenvalue weighted by atomic mass is 19.4. The average molecular weight is 239 g/mol. The van der Waals surface area contributed by atoms with Crippen LogP contribution in [0.5, 0.6) is 0 Å². The van der Waals surface area contributed by atoms with Gasteiger partial charge in [-0.25, -0.2) is 0 Å². The quantitative estimate of drug-likeness (QED) is 0.860. The Morgan fingerprint density at radius 2 is 2.00 bits per heavy atom. The number of halogens is 3. The number of methoxy groups -OCH3 is 1. The minimum Gasteiger partial charge on any atom is -0.379 e. The van der Waals surface area contributed by atoms with Gasteiger partial charge in [-0.2, -0.15) is 18.2 Å². The van der Waals surface area contributed by atoms with Gasteiger partial charge in [-0.05, 0) is 13.8 Å². The highest BCUT2D eigenvalue weighted by molar-refractivity contribution is 5.05. The van der Waals surface area contributed by atoms with E-state index in [0.717, 1.165) is 0 Å². The Kier molecular flexibility index (Phi) is 3.25. The summed E-state index contributed by atoms with van der Waals surface area (Å²) in [5.74, 6) is -1.66. The zero-order valence-corrected chi connectivity index (χ0v) is 9.00. The van der Waals surface area contributed by atoms with Crippen LogP contribution in [0.2, 0.25) is 0 Å². The number of ether oxygens (including phenoxy) is 1. The Morgan fingerprint density at radius 1 is 1.44 bits per heavy atom. The lowest BCUT2D eigenvalue weighted by Gasteiger charge is -2.26. The monoisotopic (exact) mass is 239 g/mol. The maximum atomic E-state index is 12.2. The normalized spacial score (nSPS) is 18.2. The first-order valence-electron chi connectivity index (χ1n) is 4.42. The number of rotatable bonds is 3. The van der Waals surface area contributed by atoms with Crippen LogP contribution in [0.15, 0.2) is 4.52 Å². The van der Waals surface area contributed by atoms with Crippen LogP contribution in [0.3, 0.4) is 0 Å². The number of hydrogen-bond donors (Lipinski definition) is 1. The first-order chi connectivity index (χ1) is 7.19. The third kappa shape index (κ3) is 2.33. The smallest absolute Gasteiger partial charge is 0.379 e. The van der Waals surface area contributed by atoms with Gasteiger partial charge in [0.05, 0.1) is 6.10 Å². The summed E-state index contributed by atoms with van der Waals surface area (Å²) >= 11 is 0. The van der Waals surface area contributed by atoms with Gasteiger partial charge >= 0.3 is 12.1 Å². The van der Waals surface area contributed by atoms with E-state index >= 15 is 0 Å². The molecule has 0 fully saturated rings. The van der Waals surface area contributed by atoms with E-state index in [1.807, 2.05) is 0 Å². The minimum atomic E-state index is -4.67. The molecule has 0 saturated carbocycles. The van der Waals surface area contributed by atoms with E-state index in [2.05, 4.69) is 14.7 Å². The van der Waals surface area contributed by atoms with Crippen LogP contribution in [0.4, 0.5) is 13.2 Å². The fourth-order valence-corrected chi connectivity index (χ4v) is 0.984. The van der Waals surface area contributed by atoms with Crippen LogP contribution in [0.1, 0.15) is 25.6 Å². The Hall–Kier alpha value is -1.15. The van der Waals surface area contributed by atoms with Crippen molar-refractivity contribution in [1.29, 1.82) is 0 Å². The fraction of sp³-hybridized carbons (Fsp3) is 0.750. The summed E-state index contributed by atoms with van der Waals surface area (Å²) in [6.45, 7) is 3.07. The summed E-state index contributed by atoms with van der Waals surface area (Å²) in [6.07, 6.45) is -5.22. The molecule has 92 valence electrons. The van der Waals surface area contributed by atoms with Gasteiger partial charge in [0.2, 0.25) is 0 Å². The van der Waals surface area contributed by atoms with Crippen LogP contribution in [-0.4, -0.2) is 23.4 Å². The molecule has 0 aliphatic heterocycles. The van der Waals surface area contributed by atoms with Crippen molar-refractivity contribution >= 4 is 0 Å². The standard InChI is InChI=1S/C8H12F3N3O2/c1-4(15-3)7(2,12)5-13-6(16-14-5)8(9,10)11/h4H,12H2,1-3H3. The number of nitrogens with two attached hydrogens (primary N) is 1. The zero-order chi connectivity index (χ0) is 12.6. The predicted molar refractivity (Wildman–Crippen MR) is 47.3 cm³/mol. The number of nitrogens with zero attached hydrogens (tertiary/aromatic N) is 2. The molecule has 2 atom stereocenters. The Labute approximate surface area is 89.8 Å². The summed E-state index contributed by atoms with van der Waals surface area (Å²) in [5.41, 5.74) is 4.52. The largest absolute Gasteiger partial charge is 0.471 e. The van der Waals surface area contributed by atoms with Crippen LogP contribution in [-0.2, 0) is 16.5 Å². The van der Waals surface area contributed by atoms with Gasteiger partial charge in [-0.3, -0.25) is 0 Å². The van der Waals surface area contributed by atoms with E-state index in [1.54, 1.807) is 6.92 Å². The molecule has 1 aromatic rings. The molecule has 2 N–H and O–H groups in total. The molecule has 0 amide bonds. The maximum Gasteiger partial charge on any atom is 0.471 e.